The largest absolute Gasteiger partial charge is 0.355 e. The zero-order chi connectivity index (χ0) is 12.3. The number of aryl methyl sites for hydroxylation is 1. The molecule has 0 atom stereocenters. The molecule has 0 saturated heterocycles. The molecule has 88 valence electrons. The van der Waals surface area contributed by atoms with Crippen molar-refractivity contribution in [3.8, 4) is 0 Å². The normalized spacial score (nSPS) is 10.3. The van der Waals surface area contributed by atoms with Crippen molar-refractivity contribution in [3.05, 3.63) is 58.2 Å². The van der Waals surface area contributed by atoms with E-state index >= 15 is 0 Å². The number of anilines is 1. The van der Waals surface area contributed by atoms with Crippen LogP contribution in [0.5, 0.6) is 0 Å². The lowest BCUT2D eigenvalue weighted by molar-refractivity contribution is 0.889. The fraction of sp³-hybridized carbons (Fsp3) is 0.214. The summed E-state index contributed by atoms with van der Waals surface area (Å²) < 4.78 is 1.14. The number of hydrogen-bond donors (Lipinski definition) is 0. The highest BCUT2D eigenvalue weighted by Gasteiger charge is 2.05. The van der Waals surface area contributed by atoms with Crippen molar-refractivity contribution in [2.45, 2.75) is 13.5 Å². The highest BCUT2D eigenvalue weighted by molar-refractivity contribution is 9.10. The lowest BCUT2D eigenvalue weighted by Gasteiger charge is -2.19. The lowest BCUT2D eigenvalue weighted by atomic mass is 10.2. The van der Waals surface area contributed by atoms with Crippen molar-refractivity contribution in [1.82, 2.24) is 4.98 Å². The van der Waals surface area contributed by atoms with Gasteiger partial charge in [0.05, 0.1) is 0 Å². The number of pyridine rings is 1. The van der Waals surface area contributed by atoms with Crippen LogP contribution < -0.4 is 4.90 Å². The molecule has 0 spiro atoms. The van der Waals surface area contributed by atoms with E-state index in [4.69, 9.17) is 0 Å². The van der Waals surface area contributed by atoms with Gasteiger partial charge in [0.25, 0.3) is 0 Å². The van der Waals surface area contributed by atoms with Crippen LogP contribution in [0.25, 0.3) is 0 Å². The molecule has 1 aromatic carbocycles. The molecule has 0 unspecified atom stereocenters. The summed E-state index contributed by atoms with van der Waals surface area (Å²) in [5.41, 5.74) is 2.31. The van der Waals surface area contributed by atoms with Gasteiger partial charge < -0.3 is 4.90 Å². The van der Waals surface area contributed by atoms with Crippen LogP contribution >= 0.6 is 15.9 Å². The molecule has 0 aliphatic carbocycles. The minimum atomic E-state index is 0.845. The molecule has 3 heteroatoms. The first-order valence-electron chi connectivity index (χ1n) is 5.55. The van der Waals surface area contributed by atoms with E-state index < -0.39 is 0 Å². The van der Waals surface area contributed by atoms with Crippen LogP contribution in [0, 0.1) is 6.92 Å². The van der Waals surface area contributed by atoms with Gasteiger partial charge in [0.15, 0.2) is 0 Å². The van der Waals surface area contributed by atoms with E-state index in [0.29, 0.717) is 0 Å². The zero-order valence-electron chi connectivity index (χ0n) is 10.0. The van der Waals surface area contributed by atoms with Crippen LogP contribution in [0.15, 0.2) is 46.9 Å². The van der Waals surface area contributed by atoms with Crippen molar-refractivity contribution >= 4 is 21.7 Å². The monoisotopic (exact) mass is 290 g/mol. The Hall–Kier alpha value is -1.35. The van der Waals surface area contributed by atoms with Gasteiger partial charge in [0, 0.05) is 23.8 Å². The van der Waals surface area contributed by atoms with Crippen LogP contribution in [0.2, 0.25) is 0 Å². The van der Waals surface area contributed by atoms with Gasteiger partial charge in [0.1, 0.15) is 5.82 Å². The number of hydrogen-bond acceptors (Lipinski definition) is 2. The van der Waals surface area contributed by atoms with Crippen molar-refractivity contribution in [3.63, 3.8) is 0 Å². The average Bonchev–Trinajstić information content (AvgIpc) is 2.32. The average molecular weight is 291 g/mol. The summed E-state index contributed by atoms with van der Waals surface area (Å²) in [5.74, 6) is 1.00. The van der Waals surface area contributed by atoms with Gasteiger partial charge in [-0.25, -0.2) is 4.98 Å². The van der Waals surface area contributed by atoms with Crippen molar-refractivity contribution in [2.75, 3.05) is 11.9 Å². The topological polar surface area (TPSA) is 16.1 Å². The van der Waals surface area contributed by atoms with Gasteiger partial charge in [-0.05, 0) is 30.7 Å². The predicted molar refractivity (Wildman–Crippen MR) is 75.2 cm³/mol. The Balaban J connectivity index is 2.17. The van der Waals surface area contributed by atoms with E-state index in [-0.39, 0.29) is 0 Å². The summed E-state index contributed by atoms with van der Waals surface area (Å²) in [6, 6.07) is 14.3. The van der Waals surface area contributed by atoms with Crippen LogP contribution in [0.4, 0.5) is 5.82 Å². The zero-order valence-corrected chi connectivity index (χ0v) is 11.6. The lowest BCUT2D eigenvalue weighted by Crippen LogP contribution is -2.18. The third-order valence-corrected chi connectivity index (χ3v) is 3.40. The summed E-state index contributed by atoms with van der Waals surface area (Å²) in [6.45, 7) is 2.85. The third kappa shape index (κ3) is 3.07. The van der Waals surface area contributed by atoms with Crippen LogP contribution in [-0.4, -0.2) is 12.0 Å². The molecule has 17 heavy (non-hydrogen) atoms. The summed E-state index contributed by atoms with van der Waals surface area (Å²) >= 11 is 3.56. The van der Waals surface area contributed by atoms with Gasteiger partial charge in [-0.2, -0.15) is 0 Å². The van der Waals surface area contributed by atoms with E-state index in [1.165, 1.54) is 5.56 Å². The third-order valence-electron chi connectivity index (χ3n) is 2.63. The molecular formula is C14H15BrN2. The van der Waals surface area contributed by atoms with Gasteiger partial charge in [-0.1, -0.05) is 40.2 Å². The minimum Gasteiger partial charge on any atom is -0.355 e. The molecule has 0 aliphatic rings. The number of nitrogens with zero attached hydrogens (tertiary/aromatic N) is 2. The molecule has 0 radical (unpaired) electrons. The Morgan fingerprint density at radius 1 is 1.12 bits per heavy atom. The fourth-order valence-electron chi connectivity index (χ4n) is 1.70. The fourth-order valence-corrected chi connectivity index (χ4v) is 2.11. The maximum atomic E-state index is 4.51. The Morgan fingerprint density at radius 2 is 1.88 bits per heavy atom. The highest BCUT2D eigenvalue weighted by Crippen LogP contribution is 2.19. The molecule has 0 aliphatic heterocycles. The molecule has 2 rings (SSSR count). The van der Waals surface area contributed by atoms with Crippen molar-refractivity contribution < 1.29 is 0 Å². The van der Waals surface area contributed by atoms with Crippen LogP contribution in [-0.2, 0) is 6.54 Å². The smallest absolute Gasteiger partial charge is 0.128 e. The van der Waals surface area contributed by atoms with E-state index in [1.807, 2.05) is 31.2 Å². The van der Waals surface area contributed by atoms with Gasteiger partial charge in [-0.3, -0.25) is 0 Å². The first-order chi connectivity index (χ1) is 8.16. The molecule has 0 saturated carbocycles. The predicted octanol–water partition coefficient (Wildman–Crippen LogP) is 3.79. The standard InChI is InChI=1S/C14H15BrN2/c1-11-6-5-9-14(16-11)17(2)10-12-7-3-4-8-13(12)15/h3-9H,10H2,1-2H3. The molecule has 1 heterocycles. The molecular weight excluding hydrogens is 276 g/mol. The minimum absolute atomic E-state index is 0.845. The Morgan fingerprint density at radius 3 is 2.59 bits per heavy atom. The highest BCUT2D eigenvalue weighted by atomic mass is 79.9. The van der Waals surface area contributed by atoms with E-state index in [2.05, 4.69) is 51.1 Å². The van der Waals surface area contributed by atoms with E-state index in [1.54, 1.807) is 0 Å². The second-order valence-electron chi connectivity index (χ2n) is 4.08. The molecule has 2 aromatic rings. The number of rotatable bonds is 3. The molecule has 0 N–H and O–H groups in total. The first kappa shape index (κ1) is 12.1. The van der Waals surface area contributed by atoms with Gasteiger partial charge in [0.2, 0.25) is 0 Å². The Bertz CT molecular complexity index is 511. The Kier molecular flexibility index (Phi) is 3.79. The summed E-state index contributed by atoms with van der Waals surface area (Å²) in [5, 5.41) is 0. The molecule has 2 nitrogen and oxygen atoms in total. The van der Waals surface area contributed by atoms with Gasteiger partial charge in [-0.15, -0.1) is 0 Å². The summed E-state index contributed by atoms with van der Waals surface area (Å²) in [6.07, 6.45) is 0. The van der Waals surface area contributed by atoms with Crippen LogP contribution in [0.3, 0.4) is 0 Å². The number of aromatic nitrogens is 1. The Labute approximate surface area is 110 Å². The number of benzene rings is 1. The van der Waals surface area contributed by atoms with Gasteiger partial charge >= 0.3 is 0 Å². The SMILES string of the molecule is Cc1cccc(N(C)Cc2ccccc2Br)n1. The van der Waals surface area contributed by atoms with E-state index in [0.717, 1.165) is 22.5 Å². The quantitative estimate of drug-likeness (QED) is 0.855. The molecule has 0 amide bonds. The molecule has 0 bridgehead atoms. The summed E-state index contributed by atoms with van der Waals surface area (Å²) in [7, 11) is 2.06. The van der Waals surface area contributed by atoms with Crippen molar-refractivity contribution in [2.24, 2.45) is 0 Å². The first-order valence-corrected chi connectivity index (χ1v) is 6.34. The second kappa shape index (κ2) is 5.32. The maximum absolute atomic E-state index is 4.51. The molecule has 1 aromatic heterocycles. The van der Waals surface area contributed by atoms with E-state index in [9.17, 15) is 0 Å². The second-order valence-corrected chi connectivity index (χ2v) is 4.94. The van der Waals surface area contributed by atoms with Crippen molar-refractivity contribution in [1.29, 1.82) is 0 Å². The summed E-state index contributed by atoms with van der Waals surface area (Å²) in [4.78, 5) is 6.66. The number of halogens is 1. The van der Waals surface area contributed by atoms with Crippen LogP contribution in [0.1, 0.15) is 11.3 Å². The molecule has 0 fully saturated rings. The maximum Gasteiger partial charge on any atom is 0.128 e.